The van der Waals surface area contributed by atoms with Crippen molar-refractivity contribution in [2.24, 2.45) is 0 Å². The zero-order valence-electron chi connectivity index (χ0n) is 14.6. The van der Waals surface area contributed by atoms with E-state index < -0.39 is 36.0 Å². The van der Waals surface area contributed by atoms with Crippen LogP contribution in [0.15, 0.2) is 48.5 Å². The highest BCUT2D eigenvalue weighted by atomic mass is 19.1. The summed E-state index contributed by atoms with van der Waals surface area (Å²) in [5.74, 6) is -3.58. The summed E-state index contributed by atoms with van der Waals surface area (Å²) < 4.78 is 26.2. The molecule has 2 aromatic carbocycles. The van der Waals surface area contributed by atoms with E-state index >= 15 is 0 Å². The third-order valence-electron chi connectivity index (χ3n) is 3.61. The van der Waals surface area contributed by atoms with Gasteiger partial charge in [-0.1, -0.05) is 30.3 Å². The van der Waals surface area contributed by atoms with Gasteiger partial charge in [-0.15, -0.1) is 0 Å². The zero-order chi connectivity index (χ0) is 19.8. The van der Waals surface area contributed by atoms with E-state index in [0.717, 1.165) is 17.7 Å². The molecule has 0 fully saturated rings. The van der Waals surface area contributed by atoms with Crippen molar-refractivity contribution in [3.8, 4) is 0 Å². The molecule has 0 heterocycles. The topological polar surface area (TPSA) is 87.3 Å². The maximum atomic E-state index is 13.1. The van der Waals surface area contributed by atoms with E-state index in [9.17, 15) is 23.2 Å². The van der Waals surface area contributed by atoms with Gasteiger partial charge in [0.15, 0.2) is 0 Å². The standard InChI is InChI=1S/C19H19F2N3O3/c1-12(18(26)22-10-13-5-3-2-4-6-13)24-17(25)11-23-19(27)14-7-15(20)9-16(21)8-14/h2-9,12H,10-11H2,1H3,(H,22,26)(H,23,27)(H,24,25). The monoisotopic (exact) mass is 375 g/mol. The first kappa shape index (κ1) is 20.0. The summed E-state index contributed by atoms with van der Waals surface area (Å²) in [6, 6.07) is 10.8. The Balaban J connectivity index is 1.77. The van der Waals surface area contributed by atoms with Crippen molar-refractivity contribution in [1.29, 1.82) is 0 Å². The van der Waals surface area contributed by atoms with Gasteiger partial charge < -0.3 is 16.0 Å². The maximum absolute atomic E-state index is 13.1. The number of benzene rings is 2. The fraction of sp³-hybridized carbons (Fsp3) is 0.211. The lowest BCUT2D eigenvalue weighted by Gasteiger charge is -2.14. The molecule has 2 rings (SSSR count). The van der Waals surface area contributed by atoms with Crippen LogP contribution in [-0.2, 0) is 16.1 Å². The van der Waals surface area contributed by atoms with Crippen LogP contribution in [0, 0.1) is 11.6 Å². The Morgan fingerprint density at radius 2 is 1.59 bits per heavy atom. The molecule has 8 heteroatoms. The highest BCUT2D eigenvalue weighted by molar-refractivity contribution is 5.97. The predicted molar refractivity (Wildman–Crippen MR) is 94.6 cm³/mol. The fourth-order valence-electron chi connectivity index (χ4n) is 2.24. The average Bonchev–Trinajstić information content (AvgIpc) is 2.64. The summed E-state index contributed by atoms with van der Waals surface area (Å²) in [6.45, 7) is 1.39. The number of hydrogen-bond donors (Lipinski definition) is 3. The van der Waals surface area contributed by atoms with Gasteiger partial charge in [0.25, 0.3) is 5.91 Å². The minimum atomic E-state index is -0.895. The molecule has 0 bridgehead atoms. The molecule has 0 aliphatic carbocycles. The van der Waals surface area contributed by atoms with Crippen molar-refractivity contribution in [3.05, 3.63) is 71.3 Å². The summed E-state index contributed by atoms with van der Waals surface area (Å²) in [5, 5.41) is 7.35. The molecule has 3 amide bonds. The zero-order valence-corrected chi connectivity index (χ0v) is 14.6. The molecule has 1 unspecified atom stereocenters. The van der Waals surface area contributed by atoms with Crippen molar-refractivity contribution >= 4 is 17.7 Å². The summed E-state index contributed by atoms with van der Waals surface area (Å²) in [7, 11) is 0. The molecular weight excluding hydrogens is 356 g/mol. The lowest BCUT2D eigenvalue weighted by molar-refractivity contribution is -0.128. The third kappa shape index (κ3) is 6.50. The van der Waals surface area contributed by atoms with Crippen LogP contribution in [0.3, 0.4) is 0 Å². The first-order valence-corrected chi connectivity index (χ1v) is 8.20. The van der Waals surface area contributed by atoms with E-state index in [1.807, 2.05) is 30.3 Å². The molecule has 3 N–H and O–H groups in total. The number of nitrogens with one attached hydrogen (secondary N) is 3. The first-order valence-electron chi connectivity index (χ1n) is 8.20. The molecule has 0 radical (unpaired) electrons. The van der Waals surface area contributed by atoms with Crippen LogP contribution in [-0.4, -0.2) is 30.3 Å². The second kappa shape index (κ2) is 9.42. The van der Waals surface area contributed by atoms with Gasteiger partial charge in [0, 0.05) is 18.2 Å². The molecule has 27 heavy (non-hydrogen) atoms. The van der Waals surface area contributed by atoms with Crippen LogP contribution in [0.4, 0.5) is 8.78 Å². The molecule has 0 aliphatic heterocycles. The van der Waals surface area contributed by atoms with Crippen molar-refractivity contribution in [2.45, 2.75) is 19.5 Å². The van der Waals surface area contributed by atoms with E-state index in [1.54, 1.807) is 0 Å². The van der Waals surface area contributed by atoms with E-state index in [0.29, 0.717) is 12.6 Å². The number of halogens is 2. The van der Waals surface area contributed by atoms with E-state index in [4.69, 9.17) is 0 Å². The minimum absolute atomic E-state index is 0.242. The predicted octanol–water partition coefficient (Wildman–Crippen LogP) is 1.52. The Hall–Kier alpha value is -3.29. The molecule has 0 spiro atoms. The normalized spacial score (nSPS) is 11.4. The Morgan fingerprint density at radius 1 is 0.963 bits per heavy atom. The molecule has 0 aliphatic rings. The number of carbonyl (C=O) groups is 3. The van der Waals surface area contributed by atoms with Gasteiger partial charge in [-0.2, -0.15) is 0 Å². The SMILES string of the molecule is CC(NC(=O)CNC(=O)c1cc(F)cc(F)c1)C(=O)NCc1ccccc1. The fourth-order valence-corrected chi connectivity index (χ4v) is 2.24. The van der Waals surface area contributed by atoms with Crippen LogP contribution in [0.1, 0.15) is 22.8 Å². The van der Waals surface area contributed by atoms with Crippen LogP contribution in [0.25, 0.3) is 0 Å². The molecular formula is C19H19F2N3O3. The molecule has 2 aromatic rings. The van der Waals surface area contributed by atoms with Gasteiger partial charge in [-0.05, 0) is 24.6 Å². The van der Waals surface area contributed by atoms with E-state index in [2.05, 4.69) is 16.0 Å². The van der Waals surface area contributed by atoms with Crippen LogP contribution < -0.4 is 16.0 Å². The van der Waals surface area contributed by atoms with Crippen LogP contribution in [0.5, 0.6) is 0 Å². The third-order valence-corrected chi connectivity index (χ3v) is 3.61. The maximum Gasteiger partial charge on any atom is 0.251 e. The number of amides is 3. The summed E-state index contributed by atoms with van der Waals surface area (Å²) in [6.07, 6.45) is 0. The molecule has 0 saturated carbocycles. The minimum Gasteiger partial charge on any atom is -0.350 e. The van der Waals surface area contributed by atoms with Gasteiger partial charge in [-0.3, -0.25) is 14.4 Å². The van der Waals surface area contributed by atoms with Crippen LogP contribution >= 0.6 is 0 Å². The van der Waals surface area contributed by atoms with Crippen molar-refractivity contribution < 1.29 is 23.2 Å². The summed E-state index contributed by atoms with van der Waals surface area (Å²) >= 11 is 0. The average molecular weight is 375 g/mol. The molecule has 142 valence electrons. The van der Waals surface area contributed by atoms with E-state index in [-0.39, 0.29) is 11.5 Å². The number of carbonyl (C=O) groups excluding carboxylic acids is 3. The smallest absolute Gasteiger partial charge is 0.251 e. The number of rotatable bonds is 7. The second-order valence-corrected chi connectivity index (χ2v) is 5.83. The largest absolute Gasteiger partial charge is 0.350 e. The van der Waals surface area contributed by atoms with Crippen molar-refractivity contribution in [3.63, 3.8) is 0 Å². The van der Waals surface area contributed by atoms with Gasteiger partial charge in [-0.25, -0.2) is 8.78 Å². The highest BCUT2D eigenvalue weighted by Gasteiger charge is 2.16. The molecule has 6 nitrogen and oxygen atoms in total. The van der Waals surface area contributed by atoms with Crippen molar-refractivity contribution in [2.75, 3.05) is 6.54 Å². The lowest BCUT2D eigenvalue weighted by Crippen LogP contribution is -2.47. The van der Waals surface area contributed by atoms with Crippen molar-refractivity contribution in [1.82, 2.24) is 16.0 Å². The Bertz CT molecular complexity index is 808. The Kier molecular flexibility index (Phi) is 6.99. The van der Waals surface area contributed by atoms with E-state index in [1.165, 1.54) is 6.92 Å². The molecule has 0 saturated heterocycles. The summed E-state index contributed by atoms with van der Waals surface area (Å²) in [5.41, 5.74) is 0.674. The Labute approximate surface area is 155 Å². The van der Waals surface area contributed by atoms with Crippen LogP contribution in [0.2, 0.25) is 0 Å². The first-order chi connectivity index (χ1) is 12.8. The van der Waals surface area contributed by atoms with Gasteiger partial charge in [0.1, 0.15) is 17.7 Å². The number of hydrogen-bond acceptors (Lipinski definition) is 3. The summed E-state index contributed by atoms with van der Waals surface area (Å²) in [4.78, 5) is 35.7. The van der Waals surface area contributed by atoms with Gasteiger partial charge >= 0.3 is 0 Å². The van der Waals surface area contributed by atoms with Gasteiger partial charge in [0.2, 0.25) is 11.8 Å². The second-order valence-electron chi connectivity index (χ2n) is 5.83. The quantitative estimate of drug-likeness (QED) is 0.686. The highest BCUT2D eigenvalue weighted by Crippen LogP contribution is 2.07. The molecule has 1 atom stereocenters. The van der Waals surface area contributed by atoms with Gasteiger partial charge in [0.05, 0.1) is 6.54 Å². The Morgan fingerprint density at radius 3 is 2.22 bits per heavy atom. The molecule has 0 aromatic heterocycles. The lowest BCUT2D eigenvalue weighted by atomic mass is 10.2.